The Bertz CT molecular complexity index is 371. The highest BCUT2D eigenvalue weighted by atomic mass is 16.5. The van der Waals surface area contributed by atoms with Gasteiger partial charge in [-0.15, -0.1) is 0 Å². The van der Waals surface area contributed by atoms with Crippen LogP contribution >= 0.6 is 0 Å². The molecule has 1 aromatic heterocycles. The second kappa shape index (κ2) is 6.84. The van der Waals surface area contributed by atoms with Gasteiger partial charge in [0.2, 0.25) is 0 Å². The van der Waals surface area contributed by atoms with Gasteiger partial charge in [0.15, 0.2) is 0 Å². The molecule has 0 bridgehead atoms. The van der Waals surface area contributed by atoms with Crippen LogP contribution in [0.25, 0.3) is 0 Å². The van der Waals surface area contributed by atoms with Crippen molar-refractivity contribution in [3.05, 3.63) is 23.9 Å². The molecule has 0 spiro atoms. The van der Waals surface area contributed by atoms with Crippen molar-refractivity contribution in [2.45, 2.75) is 25.7 Å². The van der Waals surface area contributed by atoms with Crippen LogP contribution in [0.1, 0.15) is 12.5 Å². The Balaban J connectivity index is 1.99. The molecule has 1 N–H and O–H groups in total. The summed E-state index contributed by atoms with van der Waals surface area (Å²) in [5, 5.41) is 3.29. The van der Waals surface area contributed by atoms with Crippen LogP contribution in [0.15, 0.2) is 18.3 Å². The highest BCUT2D eigenvalue weighted by Gasteiger charge is 2.33. The Labute approximate surface area is 114 Å². The van der Waals surface area contributed by atoms with Crippen molar-refractivity contribution in [2.24, 2.45) is 0 Å². The first kappa shape index (κ1) is 14.2. The average Bonchev–Trinajstić information content (AvgIpc) is 2.89. The lowest BCUT2D eigenvalue weighted by Gasteiger charge is -2.17. The molecule has 1 aliphatic rings. The summed E-state index contributed by atoms with van der Waals surface area (Å²) in [5.74, 6) is 0.988. The van der Waals surface area contributed by atoms with Gasteiger partial charge in [-0.05, 0) is 18.2 Å². The molecule has 0 radical (unpaired) electrons. The van der Waals surface area contributed by atoms with Crippen LogP contribution in [-0.2, 0) is 16.0 Å². The predicted molar refractivity (Wildman–Crippen MR) is 75.4 cm³/mol. The number of rotatable bonds is 6. The van der Waals surface area contributed by atoms with E-state index in [4.69, 9.17) is 9.47 Å². The van der Waals surface area contributed by atoms with E-state index >= 15 is 0 Å². The van der Waals surface area contributed by atoms with Gasteiger partial charge < -0.3 is 19.7 Å². The SMILES string of the molecule is CCNCc1ccc(N2CC(OC)C(OC)C2)nc1. The van der Waals surface area contributed by atoms with Crippen molar-refractivity contribution >= 4 is 5.82 Å². The van der Waals surface area contributed by atoms with Gasteiger partial charge in [0.05, 0.1) is 0 Å². The van der Waals surface area contributed by atoms with Crippen LogP contribution in [0, 0.1) is 0 Å². The lowest BCUT2D eigenvalue weighted by Crippen LogP contribution is -2.27. The molecule has 1 aromatic rings. The van der Waals surface area contributed by atoms with Crippen molar-refractivity contribution < 1.29 is 9.47 Å². The largest absolute Gasteiger partial charge is 0.377 e. The van der Waals surface area contributed by atoms with Crippen LogP contribution in [0.3, 0.4) is 0 Å². The zero-order valence-electron chi connectivity index (χ0n) is 11.9. The number of pyridine rings is 1. The van der Waals surface area contributed by atoms with Gasteiger partial charge in [0, 0.05) is 40.1 Å². The normalized spacial score (nSPS) is 23.0. The molecule has 1 saturated heterocycles. The third-order valence-electron chi connectivity index (χ3n) is 3.53. The van der Waals surface area contributed by atoms with Crippen LogP contribution in [0.5, 0.6) is 0 Å². The molecule has 1 fully saturated rings. The van der Waals surface area contributed by atoms with Gasteiger partial charge in [0.1, 0.15) is 18.0 Å². The van der Waals surface area contributed by atoms with E-state index in [1.807, 2.05) is 6.20 Å². The Morgan fingerprint density at radius 1 is 1.26 bits per heavy atom. The number of methoxy groups -OCH3 is 2. The number of hydrogen-bond donors (Lipinski definition) is 1. The Kier molecular flexibility index (Phi) is 5.13. The summed E-state index contributed by atoms with van der Waals surface area (Å²) in [5.41, 5.74) is 1.20. The minimum Gasteiger partial charge on any atom is -0.377 e. The molecule has 0 aromatic carbocycles. The third-order valence-corrected chi connectivity index (χ3v) is 3.53. The molecule has 106 valence electrons. The summed E-state index contributed by atoms with van der Waals surface area (Å²) in [7, 11) is 3.46. The summed E-state index contributed by atoms with van der Waals surface area (Å²) in [6, 6.07) is 4.18. The minimum atomic E-state index is 0.119. The number of nitrogens with zero attached hydrogens (tertiary/aromatic N) is 2. The van der Waals surface area contributed by atoms with E-state index in [9.17, 15) is 0 Å². The smallest absolute Gasteiger partial charge is 0.128 e. The molecule has 2 atom stereocenters. The molecule has 2 rings (SSSR count). The van der Waals surface area contributed by atoms with E-state index in [1.165, 1.54) is 5.56 Å². The fourth-order valence-electron chi connectivity index (χ4n) is 2.36. The van der Waals surface area contributed by atoms with Gasteiger partial charge in [-0.3, -0.25) is 0 Å². The van der Waals surface area contributed by atoms with Crippen LogP contribution in [0.4, 0.5) is 5.82 Å². The van der Waals surface area contributed by atoms with Crippen molar-refractivity contribution in [3.63, 3.8) is 0 Å². The molecule has 19 heavy (non-hydrogen) atoms. The quantitative estimate of drug-likeness (QED) is 0.833. The van der Waals surface area contributed by atoms with E-state index in [-0.39, 0.29) is 12.2 Å². The second-order valence-corrected chi connectivity index (χ2v) is 4.76. The number of anilines is 1. The average molecular weight is 265 g/mol. The van der Waals surface area contributed by atoms with Crippen LogP contribution in [0.2, 0.25) is 0 Å². The molecule has 0 aliphatic carbocycles. The van der Waals surface area contributed by atoms with Crippen molar-refractivity contribution in [2.75, 3.05) is 38.8 Å². The first-order valence-electron chi connectivity index (χ1n) is 6.74. The van der Waals surface area contributed by atoms with Gasteiger partial charge in [0.25, 0.3) is 0 Å². The topological polar surface area (TPSA) is 46.6 Å². The van der Waals surface area contributed by atoms with E-state index in [0.717, 1.165) is 32.0 Å². The van der Waals surface area contributed by atoms with Crippen molar-refractivity contribution in [1.29, 1.82) is 0 Å². The summed E-state index contributed by atoms with van der Waals surface area (Å²) < 4.78 is 10.9. The highest BCUT2D eigenvalue weighted by molar-refractivity contribution is 5.41. The Morgan fingerprint density at radius 2 is 1.95 bits per heavy atom. The molecule has 1 aliphatic heterocycles. The molecule has 0 amide bonds. The first-order chi connectivity index (χ1) is 9.28. The maximum atomic E-state index is 5.44. The molecular weight excluding hydrogens is 242 g/mol. The fraction of sp³-hybridized carbons (Fsp3) is 0.643. The Morgan fingerprint density at radius 3 is 2.42 bits per heavy atom. The fourth-order valence-corrected chi connectivity index (χ4v) is 2.36. The van der Waals surface area contributed by atoms with E-state index in [1.54, 1.807) is 14.2 Å². The first-order valence-corrected chi connectivity index (χ1v) is 6.74. The number of hydrogen-bond acceptors (Lipinski definition) is 5. The standard InChI is InChI=1S/C14H23N3O2/c1-4-15-7-11-5-6-14(16-8-11)17-9-12(18-2)13(10-17)19-3/h5-6,8,12-13,15H,4,7,9-10H2,1-3H3. The maximum absolute atomic E-state index is 5.44. The molecular formula is C14H23N3O2. The van der Waals surface area contributed by atoms with Gasteiger partial charge in [-0.25, -0.2) is 4.98 Å². The number of aromatic nitrogens is 1. The van der Waals surface area contributed by atoms with Crippen molar-refractivity contribution in [1.82, 2.24) is 10.3 Å². The van der Waals surface area contributed by atoms with Crippen molar-refractivity contribution in [3.8, 4) is 0 Å². The molecule has 0 saturated carbocycles. The minimum absolute atomic E-state index is 0.119. The summed E-state index contributed by atoms with van der Waals surface area (Å²) in [6.45, 7) is 5.59. The zero-order valence-corrected chi connectivity index (χ0v) is 11.9. The molecule has 2 heterocycles. The Hall–Kier alpha value is -1.17. The number of ether oxygens (including phenoxy) is 2. The lowest BCUT2D eigenvalue weighted by molar-refractivity contribution is -0.00461. The second-order valence-electron chi connectivity index (χ2n) is 4.76. The highest BCUT2D eigenvalue weighted by Crippen LogP contribution is 2.21. The van der Waals surface area contributed by atoms with Crippen LogP contribution in [-0.4, -0.2) is 51.0 Å². The molecule has 5 heteroatoms. The summed E-state index contributed by atoms with van der Waals surface area (Å²) in [4.78, 5) is 6.73. The summed E-state index contributed by atoms with van der Waals surface area (Å²) >= 11 is 0. The van der Waals surface area contributed by atoms with E-state index in [0.29, 0.717) is 0 Å². The summed E-state index contributed by atoms with van der Waals surface area (Å²) in [6.07, 6.45) is 2.17. The zero-order chi connectivity index (χ0) is 13.7. The third kappa shape index (κ3) is 3.43. The lowest BCUT2D eigenvalue weighted by atomic mass is 10.3. The molecule has 5 nitrogen and oxygen atoms in total. The predicted octanol–water partition coefficient (Wildman–Crippen LogP) is 1.04. The van der Waals surface area contributed by atoms with E-state index in [2.05, 4.69) is 34.3 Å². The van der Waals surface area contributed by atoms with Gasteiger partial charge >= 0.3 is 0 Å². The molecule has 2 unspecified atom stereocenters. The number of nitrogens with one attached hydrogen (secondary N) is 1. The van der Waals surface area contributed by atoms with E-state index < -0.39 is 0 Å². The van der Waals surface area contributed by atoms with Gasteiger partial charge in [-0.2, -0.15) is 0 Å². The maximum Gasteiger partial charge on any atom is 0.128 e. The van der Waals surface area contributed by atoms with Crippen LogP contribution < -0.4 is 10.2 Å². The van der Waals surface area contributed by atoms with Gasteiger partial charge in [-0.1, -0.05) is 13.0 Å². The monoisotopic (exact) mass is 265 g/mol.